The molecule has 0 amide bonds. The first kappa shape index (κ1) is 17.3. The molecule has 1 heterocycles. The average molecular weight is 329 g/mol. The number of hydrogen-bond acceptors (Lipinski definition) is 5. The van der Waals surface area contributed by atoms with Crippen LogP contribution in [0.4, 0.5) is 0 Å². The molecular weight excluding hydrogens is 306 g/mol. The fraction of sp³-hybridized carbons (Fsp3) is 0.667. The minimum absolute atomic E-state index is 0.0680. The first-order chi connectivity index (χ1) is 10.2. The summed E-state index contributed by atoms with van der Waals surface area (Å²) in [7, 11) is -4.44. The van der Waals surface area contributed by atoms with E-state index in [-0.39, 0.29) is 10.7 Å². The summed E-state index contributed by atoms with van der Waals surface area (Å²) in [5.41, 5.74) is -0.674. The van der Waals surface area contributed by atoms with Gasteiger partial charge >= 0.3 is 0 Å². The summed E-state index contributed by atoms with van der Waals surface area (Å²) in [6.45, 7) is 6.62. The molecule has 0 aromatic rings. The first-order valence-corrected chi connectivity index (χ1v) is 8.89. The van der Waals surface area contributed by atoms with Crippen LogP contribution in [0.25, 0.3) is 0 Å². The number of allylic oxidation sites excluding steroid dienone is 3. The van der Waals surface area contributed by atoms with Gasteiger partial charge in [-0.05, 0) is 12.5 Å². The van der Waals surface area contributed by atoms with Gasteiger partial charge in [0.1, 0.15) is 5.78 Å². The highest BCUT2D eigenvalue weighted by atomic mass is 32.2. The molecule has 0 aromatic carbocycles. The minimum Gasteiger partial charge on any atom is -0.375 e. The number of hydrogen-bond donors (Lipinski definition) is 2. The second-order valence-electron chi connectivity index (χ2n) is 5.99. The molecule has 0 saturated carbocycles. The molecule has 22 heavy (non-hydrogen) atoms. The summed E-state index contributed by atoms with van der Waals surface area (Å²) in [4.78, 5) is 12.3. The Hall–Kier alpha value is -1.02. The van der Waals surface area contributed by atoms with Gasteiger partial charge in [-0.15, -0.1) is 0 Å². The first-order valence-electron chi connectivity index (χ1n) is 7.45. The van der Waals surface area contributed by atoms with Crippen LogP contribution in [0.5, 0.6) is 0 Å². The molecule has 6 nitrogen and oxygen atoms in total. The molecule has 2 N–H and O–H groups in total. The Labute approximate surface area is 131 Å². The summed E-state index contributed by atoms with van der Waals surface area (Å²) in [6, 6.07) is 0. The molecule has 2 rings (SSSR count). The second-order valence-corrected chi connectivity index (χ2v) is 7.35. The van der Waals surface area contributed by atoms with Gasteiger partial charge < -0.3 is 10.1 Å². The Kier molecular flexibility index (Phi) is 4.91. The Morgan fingerprint density at radius 1 is 1.55 bits per heavy atom. The maximum absolute atomic E-state index is 12.4. The lowest BCUT2D eigenvalue weighted by Gasteiger charge is -2.46. The summed E-state index contributed by atoms with van der Waals surface area (Å²) < 4.78 is 39.5. The number of ketones is 1. The van der Waals surface area contributed by atoms with Crippen molar-refractivity contribution >= 4 is 15.9 Å². The van der Waals surface area contributed by atoms with Crippen LogP contribution < -0.4 is 5.32 Å². The Morgan fingerprint density at radius 3 is 2.73 bits per heavy atom. The monoisotopic (exact) mass is 329 g/mol. The normalized spacial score (nSPS) is 33.1. The summed E-state index contributed by atoms with van der Waals surface area (Å²) in [5, 5.41) is 3.16. The van der Waals surface area contributed by atoms with E-state index in [1.54, 1.807) is 32.9 Å². The zero-order valence-corrected chi connectivity index (χ0v) is 13.9. The van der Waals surface area contributed by atoms with Crippen LogP contribution in [0.15, 0.2) is 22.6 Å². The van der Waals surface area contributed by atoms with Crippen molar-refractivity contribution < 1.29 is 22.5 Å². The third-order valence-electron chi connectivity index (χ3n) is 4.58. The van der Waals surface area contributed by atoms with Crippen molar-refractivity contribution in [3.63, 3.8) is 0 Å². The number of rotatable bonds is 4. The fourth-order valence-electron chi connectivity index (χ4n) is 3.52. The van der Waals surface area contributed by atoms with Gasteiger partial charge in [0, 0.05) is 30.8 Å². The molecule has 3 unspecified atom stereocenters. The second kappa shape index (κ2) is 6.23. The highest BCUT2D eigenvalue weighted by Crippen LogP contribution is 2.48. The molecule has 1 aliphatic carbocycles. The van der Waals surface area contributed by atoms with E-state index in [0.29, 0.717) is 31.7 Å². The SMILES string of the molecule is CCC(=O)C1C=CC(C)=C(S(=O)(=O)O)C1(C)C1CNCCO1. The van der Waals surface area contributed by atoms with Crippen LogP contribution in [-0.2, 0) is 19.6 Å². The fourth-order valence-corrected chi connectivity index (χ4v) is 4.81. The quantitative estimate of drug-likeness (QED) is 0.756. The molecule has 0 bridgehead atoms. The standard InChI is InChI=1S/C15H23NO5S/c1-4-12(17)11-6-5-10(2)14(22(18,19)20)15(11,3)13-9-16-7-8-21-13/h5-6,11,13,16H,4,7-9H2,1-3H3,(H,18,19,20). The number of carbonyl (C=O) groups is 1. The van der Waals surface area contributed by atoms with Crippen molar-refractivity contribution in [1.82, 2.24) is 5.32 Å². The topological polar surface area (TPSA) is 92.7 Å². The van der Waals surface area contributed by atoms with Crippen molar-refractivity contribution in [3.8, 4) is 0 Å². The van der Waals surface area contributed by atoms with Crippen molar-refractivity contribution in [1.29, 1.82) is 0 Å². The van der Waals surface area contributed by atoms with E-state index in [0.717, 1.165) is 0 Å². The zero-order chi connectivity index (χ0) is 16.5. The Balaban J connectivity index is 2.61. The van der Waals surface area contributed by atoms with Gasteiger partial charge in [-0.3, -0.25) is 9.35 Å². The lowest BCUT2D eigenvalue weighted by atomic mass is 9.66. The van der Waals surface area contributed by atoms with Crippen LogP contribution in [-0.4, -0.2) is 44.6 Å². The van der Waals surface area contributed by atoms with Gasteiger partial charge in [0.15, 0.2) is 0 Å². The maximum Gasteiger partial charge on any atom is 0.291 e. The lowest BCUT2D eigenvalue weighted by Crippen LogP contribution is -2.54. The molecule has 1 saturated heterocycles. The predicted octanol–water partition coefficient (Wildman–Crippen LogP) is 1.31. The van der Waals surface area contributed by atoms with Crippen molar-refractivity contribution in [2.45, 2.75) is 33.3 Å². The van der Waals surface area contributed by atoms with Crippen LogP contribution >= 0.6 is 0 Å². The van der Waals surface area contributed by atoms with Gasteiger partial charge in [-0.1, -0.05) is 26.0 Å². The Bertz CT molecular complexity index is 616. The molecule has 0 radical (unpaired) electrons. The van der Waals surface area contributed by atoms with E-state index in [1.807, 2.05) is 0 Å². The average Bonchev–Trinajstić information content (AvgIpc) is 2.46. The smallest absolute Gasteiger partial charge is 0.291 e. The molecule has 3 atom stereocenters. The van der Waals surface area contributed by atoms with Crippen LogP contribution in [0.3, 0.4) is 0 Å². The third kappa shape index (κ3) is 2.90. The molecule has 1 aliphatic heterocycles. The molecule has 0 aromatic heterocycles. The van der Waals surface area contributed by atoms with Crippen molar-refractivity contribution in [3.05, 3.63) is 22.6 Å². The van der Waals surface area contributed by atoms with E-state index in [4.69, 9.17) is 4.74 Å². The number of nitrogens with one attached hydrogen (secondary N) is 1. The molecule has 1 fully saturated rings. The highest BCUT2D eigenvalue weighted by molar-refractivity contribution is 7.89. The van der Waals surface area contributed by atoms with E-state index < -0.39 is 27.6 Å². The highest BCUT2D eigenvalue weighted by Gasteiger charge is 2.52. The van der Waals surface area contributed by atoms with Crippen molar-refractivity contribution in [2.24, 2.45) is 11.3 Å². The van der Waals surface area contributed by atoms with Crippen molar-refractivity contribution in [2.75, 3.05) is 19.7 Å². The van der Waals surface area contributed by atoms with Crippen LogP contribution in [0, 0.1) is 11.3 Å². The molecule has 7 heteroatoms. The number of carbonyl (C=O) groups excluding carboxylic acids is 1. The van der Waals surface area contributed by atoms with Crippen LogP contribution in [0.1, 0.15) is 27.2 Å². The number of morpholine rings is 1. The lowest BCUT2D eigenvalue weighted by molar-refractivity contribution is -0.128. The minimum atomic E-state index is -4.44. The van der Waals surface area contributed by atoms with E-state index in [1.165, 1.54) is 0 Å². The predicted molar refractivity (Wildman–Crippen MR) is 82.9 cm³/mol. The maximum atomic E-state index is 12.4. The Morgan fingerprint density at radius 2 is 2.23 bits per heavy atom. The van der Waals surface area contributed by atoms with E-state index in [9.17, 15) is 17.8 Å². The van der Waals surface area contributed by atoms with Gasteiger partial charge in [-0.25, -0.2) is 0 Å². The van der Waals surface area contributed by atoms with Gasteiger partial charge in [-0.2, -0.15) is 8.42 Å². The summed E-state index contributed by atoms with van der Waals surface area (Å²) in [6.07, 6.45) is 3.12. The van der Waals surface area contributed by atoms with Gasteiger partial charge in [0.05, 0.1) is 17.6 Å². The molecule has 124 valence electrons. The molecular formula is C15H23NO5S. The van der Waals surface area contributed by atoms with E-state index in [2.05, 4.69) is 5.32 Å². The summed E-state index contributed by atoms with van der Waals surface area (Å²) in [5.74, 6) is -0.704. The van der Waals surface area contributed by atoms with Gasteiger partial charge in [0.25, 0.3) is 10.1 Å². The largest absolute Gasteiger partial charge is 0.375 e. The molecule has 0 spiro atoms. The molecule has 2 aliphatic rings. The zero-order valence-electron chi connectivity index (χ0n) is 13.1. The summed E-state index contributed by atoms with van der Waals surface area (Å²) >= 11 is 0. The number of Topliss-reactive ketones (excluding diaryl/α,β-unsaturated/α-hetero) is 1. The van der Waals surface area contributed by atoms with E-state index >= 15 is 0 Å². The van der Waals surface area contributed by atoms with Gasteiger partial charge in [0.2, 0.25) is 0 Å². The third-order valence-corrected chi connectivity index (χ3v) is 5.86. The van der Waals surface area contributed by atoms with Crippen LogP contribution in [0.2, 0.25) is 0 Å². The number of ether oxygens (including phenoxy) is 1.